The van der Waals surface area contributed by atoms with Crippen molar-refractivity contribution in [2.75, 3.05) is 56.9 Å². The number of alkyl halides is 2. The highest BCUT2D eigenvalue weighted by Crippen LogP contribution is 2.36. The van der Waals surface area contributed by atoms with Crippen LogP contribution in [0.1, 0.15) is 117 Å². The van der Waals surface area contributed by atoms with Crippen molar-refractivity contribution in [3.63, 3.8) is 0 Å². The number of carbonyl (C=O) groups excluding carboxylic acids is 3. The molecule has 2 saturated heterocycles. The number of hydrogen-bond acceptors (Lipinski definition) is 11. The predicted molar refractivity (Wildman–Crippen MR) is 245 cm³/mol. The Kier molecular flexibility index (Phi) is 13.8. The van der Waals surface area contributed by atoms with Crippen LogP contribution in [-0.2, 0) is 23.1 Å². The zero-order chi connectivity index (χ0) is 45.9. The summed E-state index contributed by atoms with van der Waals surface area (Å²) in [5.74, 6) is 1.40. The Labute approximate surface area is 382 Å². The molecule has 1 atom stereocenters. The minimum absolute atomic E-state index is 0.0194. The fourth-order valence-corrected chi connectivity index (χ4v) is 10.3. The van der Waals surface area contributed by atoms with E-state index in [-0.39, 0.29) is 41.3 Å². The van der Waals surface area contributed by atoms with Crippen LogP contribution in [0.25, 0.3) is 22.5 Å². The molecule has 3 amide bonds. The summed E-state index contributed by atoms with van der Waals surface area (Å²) < 4.78 is 38.8. The van der Waals surface area contributed by atoms with Crippen molar-refractivity contribution in [1.82, 2.24) is 44.0 Å². The number of oxazole rings is 1. The number of benzene rings is 1. The lowest BCUT2D eigenvalue weighted by atomic mass is 9.85. The number of imidazole rings is 1. The van der Waals surface area contributed by atoms with Gasteiger partial charge in [-0.1, -0.05) is 12.1 Å². The van der Waals surface area contributed by atoms with Gasteiger partial charge in [0.05, 0.1) is 22.8 Å². The molecule has 5 aromatic rings. The molecule has 2 saturated carbocycles. The van der Waals surface area contributed by atoms with E-state index in [1.807, 2.05) is 18.2 Å². The number of aromatic nitrogens is 6. The van der Waals surface area contributed by atoms with Gasteiger partial charge in [-0.25, -0.2) is 23.5 Å². The summed E-state index contributed by atoms with van der Waals surface area (Å²) in [5.41, 5.74) is 2.60. The number of nitrogens with zero attached hydrogens (tertiary/aromatic N) is 8. The number of hydrogen-bond donors (Lipinski definition) is 3. The maximum Gasteiger partial charge on any atom is 0.329 e. The quantitative estimate of drug-likeness (QED) is 0.0611. The molecule has 4 aromatic heterocycles. The van der Waals surface area contributed by atoms with Crippen LogP contribution >= 0.6 is 0 Å². The van der Waals surface area contributed by atoms with E-state index in [4.69, 9.17) is 4.42 Å². The molecular formula is C48H61F2N11O5. The van der Waals surface area contributed by atoms with Crippen LogP contribution in [0.2, 0.25) is 0 Å². The van der Waals surface area contributed by atoms with Crippen molar-refractivity contribution in [3.8, 4) is 11.5 Å². The average Bonchev–Trinajstić information content (AvgIpc) is 3.71. The molecule has 0 bridgehead atoms. The van der Waals surface area contributed by atoms with Gasteiger partial charge in [0.1, 0.15) is 18.1 Å². The number of amides is 3. The van der Waals surface area contributed by atoms with Crippen molar-refractivity contribution in [2.24, 2.45) is 24.8 Å². The van der Waals surface area contributed by atoms with Crippen molar-refractivity contribution in [3.05, 3.63) is 76.4 Å². The topological polar surface area (TPSA) is 177 Å². The molecule has 2 aliphatic carbocycles. The summed E-state index contributed by atoms with van der Waals surface area (Å²) in [6.45, 7) is 6.12. The average molecular weight is 910 g/mol. The Morgan fingerprint density at radius 2 is 1.73 bits per heavy atom. The maximum atomic E-state index is 14.2. The van der Waals surface area contributed by atoms with Crippen LogP contribution in [0.4, 0.5) is 20.3 Å². The molecule has 1 unspecified atom stereocenters. The molecule has 6 heterocycles. The lowest BCUT2D eigenvalue weighted by molar-refractivity contribution is -0.135. The molecule has 352 valence electrons. The summed E-state index contributed by atoms with van der Waals surface area (Å²) in [6, 6.07) is 8.74. The number of halogens is 2. The number of fused-ring (bicyclic) bond motifs is 1. The largest absolute Gasteiger partial charge is 0.444 e. The second-order valence-electron chi connectivity index (χ2n) is 19.1. The summed E-state index contributed by atoms with van der Waals surface area (Å²) in [7, 11) is 3.97. The van der Waals surface area contributed by atoms with Gasteiger partial charge in [-0.2, -0.15) is 5.10 Å². The Hall–Kier alpha value is -5.75. The number of unbranched alkanes of at least 4 members (excludes halogenated alkanes) is 1. The van der Waals surface area contributed by atoms with Gasteiger partial charge < -0.3 is 24.9 Å². The van der Waals surface area contributed by atoms with E-state index in [0.29, 0.717) is 35.6 Å². The highest BCUT2D eigenvalue weighted by Gasteiger charge is 2.32. The molecule has 2 aliphatic heterocycles. The normalized spacial score (nSPS) is 21.0. The smallest absolute Gasteiger partial charge is 0.329 e. The third kappa shape index (κ3) is 10.4. The molecule has 18 heteroatoms. The molecule has 16 nitrogen and oxygen atoms in total. The number of para-hydroxylation sites is 1. The molecule has 0 radical (unpaired) electrons. The minimum atomic E-state index is -2.86. The van der Waals surface area contributed by atoms with Crippen LogP contribution in [0.3, 0.4) is 0 Å². The number of likely N-dealkylation sites (tertiary alicyclic amines) is 1. The van der Waals surface area contributed by atoms with Crippen LogP contribution in [0.5, 0.6) is 0 Å². The highest BCUT2D eigenvalue weighted by atomic mass is 19.3. The Morgan fingerprint density at radius 3 is 2.47 bits per heavy atom. The van der Waals surface area contributed by atoms with Gasteiger partial charge >= 0.3 is 5.69 Å². The summed E-state index contributed by atoms with van der Waals surface area (Å²) in [5, 5.41) is 12.6. The lowest BCUT2D eigenvalue weighted by Gasteiger charge is -2.36. The number of aryl methyl sites for hydroxylation is 2. The molecular weight excluding hydrogens is 849 g/mol. The third-order valence-corrected chi connectivity index (χ3v) is 14.1. The fourth-order valence-electron chi connectivity index (χ4n) is 10.3. The first-order valence-electron chi connectivity index (χ1n) is 23.7. The first-order chi connectivity index (χ1) is 32.0. The van der Waals surface area contributed by atoms with Crippen LogP contribution in [-0.4, -0.2) is 103 Å². The number of imide groups is 1. The first kappa shape index (κ1) is 45.4. The van der Waals surface area contributed by atoms with Crippen LogP contribution in [0, 0.1) is 17.8 Å². The third-order valence-electron chi connectivity index (χ3n) is 14.1. The molecule has 66 heavy (non-hydrogen) atoms. The Bertz CT molecular complexity index is 2580. The van der Waals surface area contributed by atoms with Gasteiger partial charge in [-0.15, -0.1) is 0 Å². The standard InChI is InChI=1S/C48H61F2N11O5/c1-57(27-32-18-22-59(23-19-32)21-4-3-6-33-7-5-8-38-43(33)58(2)48(65)61(38)39-15-16-41(62)55-46(39)64)26-31-11-13-35(14-12-31)60-28-36(42(56-60)44(49)50)53-45(63)37-29-66-47(54-37)34-17-20-51-40(24-34)52-25-30-9-10-30/h5,7-8,17,20,24,28-32,35,39,44H,3-4,6,9-16,18-19,21-23,25-27H2,1-2H3,(H,51,52)(H,53,63)(H,55,62,64). The zero-order valence-electron chi connectivity index (χ0n) is 37.9. The van der Waals surface area contributed by atoms with E-state index in [0.717, 1.165) is 101 Å². The Balaban J connectivity index is 0.693. The number of piperidine rings is 2. The van der Waals surface area contributed by atoms with Crippen molar-refractivity contribution in [1.29, 1.82) is 0 Å². The van der Waals surface area contributed by atoms with Gasteiger partial charge in [0.15, 0.2) is 11.4 Å². The van der Waals surface area contributed by atoms with Gasteiger partial charge in [0, 0.05) is 51.1 Å². The molecule has 4 fully saturated rings. The molecule has 0 spiro atoms. The van der Waals surface area contributed by atoms with Crippen LogP contribution < -0.4 is 21.6 Å². The lowest BCUT2D eigenvalue weighted by Crippen LogP contribution is -2.44. The van der Waals surface area contributed by atoms with E-state index < -0.39 is 30.0 Å². The van der Waals surface area contributed by atoms with Crippen molar-refractivity contribution >= 4 is 40.3 Å². The SMILES string of the molecule is CN(CC1CCC(n2cc(NC(=O)c3coc(-c4ccnc(NCC5CC5)c4)n3)c(C(F)F)n2)CC1)CC1CCN(CCCCc2cccc3c2n(C)c(=O)n3C2CCC(=O)NC2=O)CC1. The number of pyridine rings is 1. The number of rotatable bonds is 18. The summed E-state index contributed by atoms with van der Waals surface area (Å²) >= 11 is 0. The van der Waals surface area contributed by atoms with Gasteiger partial charge in [-0.3, -0.25) is 33.5 Å². The predicted octanol–water partition coefficient (Wildman–Crippen LogP) is 6.97. The molecule has 1 aromatic carbocycles. The second kappa shape index (κ2) is 20.0. The highest BCUT2D eigenvalue weighted by molar-refractivity contribution is 6.03. The monoisotopic (exact) mass is 909 g/mol. The van der Waals surface area contributed by atoms with Crippen molar-refractivity contribution in [2.45, 2.75) is 102 Å². The van der Waals surface area contributed by atoms with E-state index in [1.54, 1.807) is 33.1 Å². The number of nitrogens with one attached hydrogen (secondary N) is 3. The van der Waals surface area contributed by atoms with E-state index in [2.05, 4.69) is 53.9 Å². The minimum Gasteiger partial charge on any atom is -0.444 e. The maximum absolute atomic E-state index is 14.2. The van der Waals surface area contributed by atoms with Crippen LogP contribution in [0.15, 0.2) is 58.2 Å². The van der Waals surface area contributed by atoms with E-state index >= 15 is 0 Å². The van der Waals surface area contributed by atoms with Gasteiger partial charge in [-0.05, 0) is 145 Å². The summed E-state index contributed by atoms with van der Waals surface area (Å²) in [6.07, 6.45) is 13.3. The second-order valence-corrected chi connectivity index (χ2v) is 19.1. The molecule has 3 N–H and O–H groups in total. The zero-order valence-corrected chi connectivity index (χ0v) is 37.9. The Morgan fingerprint density at radius 1 is 0.970 bits per heavy atom. The van der Waals surface area contributed by atoms with E-state index in [9.17, 15) is 28.0 Å². The molecule has 9 rings (SSSR count). The fraction of sp³-hybridized carbons (Fsp3) is 0.562. The number of carbonyl (C=O) groups is 3. The number of anilines is 2. The van der Waals surface area contributed by atoms with Crippen molar-refractivity contribution < 1.29 is 27.6 Å². The molecule has 4 aliphatic rings. The van der Waals surface area contributed by atoms with E-state index in [1.165, 1.54) is 38.1 Å². The van der Waals surface area contributed by atoms with Gasteiger partial charge in [0.25, 0.3) is 12.3 Å². The van der Waals surface area contributed by atoms with Gasteiger partial charge in [0.2, 0.25) is 17.7 Å². The first-order valence-corrected chi connectivity index (χ1v) is 23.7. The summed E-state index contributed by atoms with van der Waals surface area (Å²) in [4.78, 5) is 64.6.